The lowest BCUT2D eigenvalue weighted by molar-refractivity contribution is -0.155. The predicted octanol–water partition coefficient (Wildman–Crippen LogP) is 3.11. The molecule has 1 aliphatic heterocycles. The molecule has 1 saturated heterocycles. The number of hydrogen-bond acceptors (Lipinski definition) is 2. The molecule has 1 amide bonds. The van der Waals surface area contributed by atoms with E-state index in [-0.39, 0.29) is 11.8 Å². The highest BCUT2D eigenvalue weighted by Gasteiger charge is 2.43. The fourth-order valence-electron chi connectivity index (χ4n) is 4.04. The first-order valence-corrected chi connectivity index (χ1v) is 8.67. The van der Waals surface area contributed by atoms with Gasteiger partial charge >= 0.3 is 5.97 Å². The van der Waals surface area contributed by atoms with Gasteiger partial charge in [-0.1, -0.05) is 43.2 Å². The molecule has 4 nitrogen and oxygen atoms in total. The number of aliphatic carboxylic acids is 1. The molecule has 0 aromatic heterocycles. The van der Waals surface area contributed by atoms with Crippen LogP contribution in [-0.2, 0) is 16.0 Å². The summed E-state index contributed by atoms with van der Waals surface area (Å²) < 4.78 is 0. The fourth-order valence-corrected chi connectivity index (χ4v) is 4.04. The maximum atomic E-state index is 12.5. The van der Waals surface area contributed by atoms with Gasteiger partial charge in [0, 0.05) is 19.0 Å². The summed E-state index contributed by atoms with van der Waals surface area (Å²) in [5, 5.41) is 9.78. The van der Waals surface area contributed by atoms with E-state index in [2.05, 4.69) is 0 Å². The monoisotopic (exact) mass is 315 g/mol. The summed E-state index contributed by atoms with van der Waals surface area (Å²) >= 11 is 0. The lowest BCUT2D eigenvalue weighted by Gasteiger charge is -2.40. The highest BCUT2D eigenvalue weighted by atomic mass is 16.4. The van der Waals surface area contributed by atoms with Gasteiger partial charge in [0.05, 0.1) is 5.41 Å². The van der Waals surface area contributed by atoms with Crippen LogP contribution in [0.1, 0.15) is 44.1 Å². The Morgan fingerprint density at radius 1 is 1.09 bits per heavy atom. The van der Waals surface area contributed by atoms with Crippen LogP contribution in [0.15, 0.2) is 30.3 Å². The number of piperidine rings is 1. The number of carboxylic acids is 1. The molecule has 1 aliphatic carbocycles. The summed E-state index contributed by atoms with van der Waals surface area (Å²) in [6.07, 6.45) is 5.96. The van der Waals surface area contributed by atoms with Crippen molar-refractivity contribution in [2.75, 3.05) is 13.1 Å². The third-order valence-electron chi connectivity index (χ3n) is 5.58. The number of likely N-dealkylation sites (tertiary alicyclic amines) is 1. The smallest absolute Gasteiger partial charge is 0.310 e. The molecule has 3 rings (SSSR count). The number of amides is 1. The number of carbonyl (C=O) groups is 2. The molecule has 1 N–H and O–H groups in total. The predicted molar refractivity (Wildman–Crippen MR) is 88.0 cm³/mol. The van der Waals surface area contributed by atoms with Gasteiger partial charge in [-0.3, -0.25) is 9.59 Å². The molecular weight excluding hydrogens is 290 g/mol. The Morgan fingerprint density at radius 3 is 2.26 bits per heavy atom. The van der Waals surface area contributed by atoms with Gasteiger partial charge in [0.15, 0.2) is 0 Å². The standard InChI is InChI=1S/C19H25NO3/c21-17(16-8-4-5-9-16)20-12-10-19(11-13-20,18(22)23)14-15-6-2-1-3-7-15/h1-3,6-7,16H,4-5,8-14H2,(H,22,23). The minimum absolute atomic E-state index is 0.182. The van der Waals surface area contributed by atoms with E-state index in [0.29, 0.717) is 32.4 Å². The summed E-state index contributed by atoms with van der Waals surface area (Å²) in [5.74, 6) is -0.294. The SMILES string of the molecule is O=C(C1CCCC1)N1CCC(Cc2ccccc2)(C(=O)O)CC1. The third-order valence-corrected chi connectivity index (χ3v) is 5.58. The quantitative estimate of drug-likeness (QED) is 0.929. The zero-order valence-electron chi connectivity index (χ0n) is 13.5. The van der Waals surface area contributed by atoms with Crippen molar-refractivity contribution < 1.29 is 14.7 Å². The van der Waals surface area contributed by atoms with E-state index < -0.39 is 11.4 Å². The second-order valence-electron chi connectivity index (χ2n) is 7.05. The normalized spacial score (nSPS) is 21.3. The van der Waals surface area contributed by atoms with Crippen molar-refractivity contribution in [2.45, 2.75) is 44.9 Å². The van der Waals surface area contributed by atoms with E-state index in [1.165, 1.54) is 0 Å². The van der Waals surface area contributed by atoms with Crippen LogP contribution in [0.3, 0.4) is 0 Å². The molecule has 1 saturated carbocycles. The summed E-state index contributed by atoms with van der Waals surface area (Å²) in [4.78, 5) is 26.3. The maximum absolute atomic E-state index is 12.5. The number of hydrogen-bond donors (Lipinski definition) is 1. The van der Waals surface area contributed by atoms with Crippen molar-refractivity contribution in [3.63, 3.8) is 0 Å². The zero-order chi connectivity index (χ0) is 16.3. The third kappa shape index (κ3) is 3.41. The Bertz CT molecular complexity index is 555. The van der Waals surface area contributed by atoms with E-state index in [9.17, 15) is 14.7 Å². The van der Waals surface area contributed by atoms with E-state index in [1.807, 2.05) is 35.2 Å². The van der Waals surface area contributed by atoms with Gasteiger partial charge in [0.1, 0.15) is 0 Å². The van der Waals surface area contributed by atoms with Crippen molar-refractivity contribution in [3.05, 3.63) is 35.9 Å². The number of carboxylic acid groups (broad SMARTS) is 1. The van der Waals surface area contributed by atoms with Crippen LogP contribution < -0.4 is 0 Å². The molecule has 4 heteroatoms. The van der Waals surface area contributed by atoms with Crippen LogP contribution in [0.2, 0.25) is 0 Å². The van der Waals surface area contributed by atoms with Gasteiger partial charge in [-0.15, -0.1) is 0 Å². The molecule has 0 atom stereocenters. The lowest BCUT2D eigenvalue weighted by atomic mass is 9.73. The minimum atomic E-state index is -0.728. The van der Waals surface area contributed by atoms with Crippen molar-refractivity contribution in [2.24, 2.45) is 11.3 Å². The summed E-state index contributed by atoms with van der Waals surface area (Å²) in [7, 11) is 0. The first kappa shape index (κ1) is 16.0. The lowest BCUT2D eigenvalue weighted by Crippen LogP contribution is -2.48. The van der Waals surface area contributed by atoms with Crippen LogP contribution in [-0.4, -0.2) is 35.0 Å². The highest BCUT2D eigenvalue weighted by molar-refractivity contribution is 5.80. The molecule has 2 aliphatic rings. The molecule has 23 heavy (non-hydrogen) atoms. The van der Waals surface area contributed by atoms with Gasteiger partial charge in [0.2, 0.25) is 5.91 Å². The number of rotatable bonds is 4. The maximum Gasteiger partial charge on any atom is 0.310 e. The van der Waals surface area contributed by atoms with Crippen LogP contribution in [0.4, 0.5) is 0 Å². The summed E-state index contributed by atoms with van der Waals surface area (Å²) in [6, 6.07) is 9.81. The van der Waals surface area contributed by atoms with Gasteiger partial charge in [-0.05, 0) is 37.7 Å². The van der Waals surface area contributed by atoms with E-state index in [0.717, 1.165) is 31.2 Å². The van der Waals surface area contributed by atoms with E-state index >= 15 is 0 Å². The van der Waals surface area contributed by atoms with Gasteiger partial charge < -0.3 is 10.0 Å². The molecule has 1 aromatic carbocycles. The molecule has 0 spiro atoms. The van der Waals surface area contributed by atoms with E-state index in [1.54, 1.807) is 0 Å². The summed E-state index contributed by atoms with van der Waals surface area (Å²) in [6.45, 7) is 1.16. The Labute approximate surface area is 137 Å². The molecule has 1 aromatic rings. The molecule has 1 heterocycles. The first-order valence-electron chi connectivity index (χ1n) is 8.67. The van der Waals surface area contributed by atoms with Crippen LogP contribution in [0.25, 0.3) is 0 Å². The largest absolute Gasteiger partial charge is 0.481 e. The van der Waals surface area contributed by atoms with E-state index in [4.69, 9.17) is 0 Å². The number of carbonyl (C=O) groups excluding carboxylic acids is 1. The minimum Gasteiger partial charge on any atom is -0.481 e. The Hall–Kier alpha value is -1.84. The van der Waals surface area contributed by atoms with Crippen LogP contribution >= 0.6 is 0 Å². The molecule has 0 radical (unpaired) electrons. The van der Waals surface area contributed by atoms with Crippen molar-refractivity contribution >= 4 is 11.9 Å². The molecular formula is C19H25NO3. The van der Waals surface area contributed by atoms with Gasteiger partial charge in [-0.2, -0.15) is 0 Å². The average molecular weight is 315 g/mol. The second-order valence-corrected chi connectivity index (χ2v) is 7.05. The number of benzene rings is 1. The highest BCUT2D eigenvalue weighted by Crippen LogP contribution is 2.37. The van der Waals surface area contributed by atoms with Gasteiger partial charge in [-0.25, -0.2) is 0 Å². The Kier molecular flexibility index (Phi) is 4.69. The topological polar surface area (TPSA) is 57.6 Å². The molecule has 0 bridgehead atoms. The molecule has 124 valence electrons. The Morgan fingerprint density at radius 2 is 1.70 bits per heavy atom. The molecule has 2 fully saturated rings. The van der Waals surface area contributed by atoms with Gasteiger partial charge in [0.25, 0.3) is 0 Å². The fraction of sp³-hybridized carbons (Fsp3) is 0.579. The van der Waals surface area contributed by atoms with Crippen molar-refractivity contribution in [1.29, 1.82) is 0 Å². The van der Waals surface area contributed by atoms with Crippen LogP contribution in [0, 0.1) is 11.3 Å². The van der Waals surface area contributed by atoms with Crippen LogP contribution in [0.5, 0.6) is 0 Å². The average Bonchev–Trinajstić information content (AvgIpc) is 3.10. The van der Waals surface area contributed by atoms with Crippen molar-refractivity contribution in [1.82, 2.24) is 4.90 Å². The zero-order valence-corrected chi connectivity index (χ0v) is 13.5. The van der Waals surface area contributed by atoms with Crippen molar-refractivity contribution in [3.8, 4) is 0 Å². The second kappa shape index (κ2) is 6.73. The molecule has 0 unspecified atom stereocenters. The first-order chi connectivity index (χ1) is 11.1. The number of nitrogens with zero attached hydrogens (tertiary/aromatic N) is 1. The Balaban J connectivity index is 1.66. The summed E-state index contributed by atoms with van der Waals surface area (Å²) in [5.41, 5.74) is 0.332.